The lowest BCUT2D eigenvalue weighted by molar-refractivity contribution is -0.153. The van der Waals surface area contributed by atoms with E-state index >= 15 is 0 Å². The average molecular weight is 579 g/mol. The predicted molar refractivity (Wildman–Crippen MR) is 162 cm³/mol. The molecule has 3 fully saturated rings. The molecular formula is C30H38N6O2S2. The number of fused-ring (bicyclic) bond motifs is 1. The molecule has 40 heavy (non-hydrogen) atoms. The van der Waals surface area contributed by atoms with Gasteiger partial charge in [-0.15, -0.1) is 23.1 Å². The van der Waals surface area contributed by atoms with Crippen molar-refractivity contribution in [3.63, 3.8) is 0 Å². The Labute approximate surface area is 244 Å². The Kier molecular flexibility index (Phi) is 9.36. The zero-order valence-corrected chi connectivity index (χ0v) is 25.0. The molecule has 5 heterocycles. The number of aromatic nitrogens is 3. The maximum atomic E-state index is 12.0. The monoisotopic (exact) mass is 578 g/mol. The first-order valence-corrected chi connectivity index (χ1v) is 16.2. The quantitative estimate of drug-likeness (QED) is 0.137. The number of β-lactam (4-membered cyclic amide) rings is 1. The fourth-order valence-electron chi connectivity index (χ4n) is 5.43. The Morgan fingerprint density at radius 1 is 1.15 bits per heavy atom. The van der Waals surface area contributed by atoms with Crippen LogP contribution in [-0.2, 0) is 15.1 Å². The molecule has 0 spiro atoms. The van der Waals surface area contributed by atoms with Crippen LogP contribution in [0.1, 0.15) is 75.3 Å². The summed E-state index contributed by atoms with van der Waals surface area (Å²) in [6.07, 6.45) is 13.0. The lowest BCUT2D eigenvalue weighted by Crippen LogP contribution is -2.57. The Hall–Kier alpha value is -2.98. The highest BCUT2D eigenvalue weighted by Crippen LogP contribution is 2.51. The molecule has 2 N–H and O–H groups in total. The van der Waals surface area contributed by atoms with E-state index in [1.807, 2.05) is 23.4 Å². The van der Waals surface area contributed by atoms with Gasteiger partial charge < -0.3 is 15.5 Å². The van der Waals surface area contributed by atoms with Gasteiger partial charge in [0.15, 0.2) is 0 Å². The molecule has 0 saturated carbocycles. The topological polar surface area (TPSA) is 100 Å². The number of thiazole rings is 1. The summed E-state index contributed by atoms with van der Waals surface area (Å²) in [6, 6.07) is 8.37. The molecule has 3 aliphatic rings. The van der Waals surface area contributed by atoms with Gasteiger partial charge in [0.25, 0.3) is 0 Å². The Morgan fingerprint density at radius 3 is 2.90 bits per heavy atom. The van der Waals surface area contributed by atoms with Gasteiger partial charge in [0.05, 0.1) is 11.3 Å². The van der Waals surface area contributed by atoms with Crippen molar-refractivity contribution in [2.24, 2.45) is 0 Å². The first-order chi connectivity index (χ1) is 19.5. The second kappa shape index (κ2) is 13.1. The standard InChI is InChI=1S/C24H27N5OS2.C6H11NO/c1-3-4-10-31-20-6-8-25-23(28-20)27-18-12-16(2)11-17(13-18)19-15-26-22(32-19)24-7-5-9-29(24)21(30)14-24;8-6-4-2-1-3-5-7-6/h6,8,11-13,15H,3-5,7,9-10,14H2,1-2H3,(H,25,27,28);1-5H2,(H,7,8). The highest BCUT2D eigenvalue weighted by Gasteiger charge is 2.56. The molecule has 10 heteroatoms. The number of amides is 2. The van der Waals surface area contributed by atoms with Gasteiger partial charge in [0, 0.05) is 37.6 Å². The van der Waals surface area contributed by atoms with E-state index in [9.17, 15) is 9.59 Å². The van der Waals surface area contributed by atoms with Crippen LogP contribution in [0.15, 0.2) is 41.7 Å². The van der Waals surface area contributed by atoms with Crippen molar-refractivity contribution in [1.29, 1.82) is 0 Å². The van der Waals surface area contributed by atoms with Crippen LogP contribution in [0.25, 0.3) is 10.4 Å². The molecule has 0 radical (unpaired) electrons. The maximum Gasteiger partial charge on any atom is 0.228 e. The van der Waals surface area contributed by atoms with Gasteiger partial charge in [0.1, 0.15) is 15.6 Å². The van der Waals surface area contributed by atoms with Crippen molar-refractivity contribution in [3.05, 3.63) is 47.2 Å². The number of hydrogen-bond donors (Lipinski definition) is 2. The third-order valence-electron chi connectivity index (χ3n) is 7.54. The average Bonchev–Trinajstić information content (AvgIpc) is 3.49. The summed E-state index contributed by atoms with van der Waals surface area (Å²) in [7, 11) is 0. The molecule has 0 aliphatic carbocycles. The zero-order valence-electron chi connectivity index (χ0n) is 23.4. The summed E-state index contributed by atoms with van der Waals surface area (Å²) < 4.78 is 0. The lowest BCUT2D eigenvalue weighted by Gasteiger charge is -2.45. The fourth-order valence-corrected chi connectivity index (χ4v) is 7.51. The number of nitrogens with zero attached hydrogens (tertiary/aromatic N) is 4. The van der Waals surface area contributed by atoms with Crippen molar-refractivity contribution in [2.75, 3.05) is 24.2 Å². The van der Waals surface area contributed by atoms with Crippen LogP contribution in [-0.4, -0.2) is 50.5 Å². The van der Waals surface area contributed by atoms with Gasteiger partial charge in [-0.05, 0) is 74.1 Å². The zero-order chi connectivity index (χ0) is 28.0. The van der Waals surface area contributed by atoms with E-state index in [1.165, 1.54) is 19.3 Å². The van der Waals surface area contributed by atoms with E-state index in [1.54, 1.807) is 23.1 Å². The number of nitrogens with one attached hydrogen (secondary N) is 2. The molecule has 1 atom stereocenters. The van der Waals surface area contributed by atoms with E-state index in [2.05, 4.69) is 52.6 Å². The molecule has 0 bridgehead atoms. The first kappa shape index (κ1) is 28.5. The molecule has 3 aromatic rings. The summed E-state index contributed by atoms with van der Waals surface area (Å²) in [5, 5.41) is 8.24. The fraction of sp³-hybridized carbons (Fsp3) is 0.500. The summed E-state index contributed by atoms with van der Waals surface area (Å²) in [5.74, 6) is 2.17. The van der Waals surface area contributed by atoms with Gasteiger partial charge >= 0.3 is 0 Å². The number of rotatable bonds is 8. The largest absolute Gasteiger partial charge is 0.356 e. The number of carbonyl (C=O) groups is 2. The van der Waals surface area contributed by atoms with E-state index < -0.39 is 0 Å². The van der Waals surface area contributed by atoms with Crippen LogP contribution < -0.4 is 10.6 Å². The third-order valence-corrected chi connectivity index (χ3v) is 9.79. The molecule has 1 unspecified atom stereocenters. The highest BCUT2D eigenvalue weighted by molar-refractivity contribution is 7.99. The molecule has 212 valence electrons. The predicted octanol–water partition coefficient (Wildman–Crippen LogP) is 6.44. The molecular weight excluding hydrogens is 541 g/mol. The van der Waals surface area contributed by atoms with Crippen LogP contribution in [0.2, 0.25) is 0 Å². The second-order valence-corrected chi connectivity index (χ2v) is 12.8. The summed E-state index contributed by atoms with van der Waals surface area (Å²) in [4.78, 5) is 39.5. The minimum absolute atomic E-state index is 0.144. The van der Waals surface area contributed by atoms with Crippen LogP contribution in [0.5, 0.6) is 0 Å². The van der Waals surface area contributed by atoms with Crippen molar-refractivity contribution in [1.82, 2.24) is 25.2 Å². The van der Waals surface area contributed by atoms with E-state index in [4.69, 9.17) is 4.98 Å². The Bertz CT molecular complexity index is 1340. The minimum Gasteiger partial charge on any atom is -0.356 e. The van der Waals surface area contributed by atoms with Crippen LogP contribution in [0.4, 0.5) is 11.6 Å². The number of hydrogen-bond acceptors (Lipinski definition) is 8. The first-order valence-electron chi connectivity index (χ1n) is 14.4. The van der Waals surface area contributed by atoms with Crippen LogP contribution >= 0.6 is 23.1 Å². The van der Waals surface area contributed by atoms with Gasteiger partial charge in [-0.25, -0.2) is 15.0 Å². The number of benzene rings is 1. The van der Waals surface area contributed by atoms with E-state index in [0.29, 0.717) is 12.4 Å². The third kappa shape index (κ3) is 6.66. The molecule has 2 amide bonds. The number of aryl methyl sites for hydroxylation is 1. The smallest absolute Gasteiger partial charge is 0.228 e. The summed E-state index contributed by atoms with van der Waals surface area (Å²) in [5.41, 5.74) is 3.10. The van der Waals surface area contributed by atoms with Crippen molar-refractivity contribution in [2.45, 2.75) is 82.2 Å². The molecule has 3 saturated heterocycles. The van der Waals surface area contributed by atoms with Gasteiger partial charge in [-0.2, -0.15) is 0 Å². The Balaban J connectivity index is 0.000000348. The van der Waals surface area contributed by atoms with Crippen LogP contribution in [0.3, 0.4) is 0 Å². The van der Waals surface area contributed by atoms with Gasteiger partial charge in [-0.3, -0.25) is 9.59 Å². The highest BCUT2D eigenvalue weighted by atomic mass is 32.2. The second-order valence-electron chi connectivity index (χ2n) is 10.7. The van der Waals surface area contributed by atoms with Crippen molar-refractivity contribution >= 4 is 46.5 Å². The SMILES string of the molecule is CCCCSc1ccnc(Nc2cc(C)cc(-c3cnc(C45CCCN4C(=O)C5)s3)c2)n1.O=C1CCCCCN1. The molecule has 6 rings (SSSR count). The van der Waals surface area contributed by atoms with Gasteiger partial charge in [0.2, 0.25) is 17.8 Å². The molecule has 1 aromatic carbocycles. The lowest BCUT2D eigenvalue weighted by atomic mass is 9.85. The van der Waals surface area contributed by atoms with Gasteiger partial charge in [-0.1, -0.05) is 25.8 Å². The van der Waals surface area contributed by atoms with Crippen molar-refractivity contribution < 1.29 is 9.59 Å². The number of anilines is 2. The maximum absolute atomic E-state index is 12.0. The Morgan fingerprint density at radius 2 is 2.05 bits per heavy atom. The molecule has 8 nitrogen and oxygen atoms in total. The summed E-state index contributed by atoms with van der Waals surface area (Å²) in [6.45, 7) is 6.04. The number of unbranched alkanes of at least 4 members (excludes halogenated alkanes) is 1. The molecule has 2 aromatic heterocycles. The molecule has 3 aliphatic heterocycles. The minimum atomic E-state index is -0.144. The van der Waals surface area contributed by atoms with E-state index in [-0.39, 0.29) is 17.4 Å². The summed E-state index contributed by atoms with van der Waals surface area (Å²) >= 11 is 3.48. The van der Waals surface area contributed by atoms with Crippen LogP contribution in [0, 0.1) is 6.92 Å². The van der Waals surface area contributed by atoms with E-state index in [0.717, 1.165) is 82.7 Å². The number of carbonyl (C=O) groups excluding carboxylic acids is 2. The normalized spacial score (nSPS) is 20.1. The number of thioether (sulfide) groups is 1. The van der Waals surface area contributed by atoms with Crippen molar-refractivity contribution in [3.8, 4) is 10.4 Å².